The maximum atomic E-state index is 12.5. The summed E-state index contributed by atoms with van der Waals surface area (Å²) in [6.45, 7) is 6.69. The standard InChI is InChI=1S/C14H24N2O2S/c1-14(2,3)12-19(17,18)16(11-7-10-15)13-8-5-4-6-9-13/h4-6,8-9H,7,10-12,15H2,1-3H3. The largest absolute Gasteiger partial charge is 0.330 e. The van der Waals surface area contributed by atoms with E-state index >= 15 is 0 Å². The quantitative estimate of drug-likeness (QED) is 0.871. The van der Waals surface area contributed by atoms with Gasteiger partial charge in [-0.1, -0.05) is 39.0 Å². The highest BCUT2D eigenvalue weighted by Gasteiger charge is 2.27. The Bertz CT molecular complexity index is 478. The van der Waals surface area contributed by atoms with Crippen molar-refractivity contribution in [3.05, 3.63) is 30.3 Å². The molecule has 0 saturated heterocycles. The van der Waals surface area contributed by atoms with Crippen molar-refractivity contribution in [3.63, 3.8) is 0 Å². The Balaban J connectivity index is 3.04. The number of hydrogen-bond acceptors (Lipinski definition) is 3. The number of sulfonamides is 1. The van der Waals surface area contributed by atoms with Crippen LogP contribution >= 0.6 is 0 Å². The van der Waals surface area contributed by atoms with Crippen LogP contribution in [-0.4, -0.2) is 27.3 Å². The fraction of sp³-hybridized carbons (Fsp3) is 0.571. The van der Waals surface area contributed by atoms with Gasteiger partial charge in [-0.15, -0.1) is 0 Å². The fourth-order valence-electron chi connectivity index (χ4n) is 1.88. The summed E-state index contributed by atoms with van der Waals surface area (Å²) in [5.41, 5.74) is 5.94. The minimum atomic E-state index is -3.33. The highest BCUT2D eigenvalue weighted by atomic mass is 32.2. The third-order valence-corrected chi connectivity index (χ3v) is 4.86. The van der Waals surface area contributed by atoms with Crippen molar-refractivity contribution >= 4 is 15.7 Å². The number of rotatable bonds is 6. The molecule has 0 amide bonds. The van der Waals surface area contributed by atoms with Gasteiger partial charge < -0.3 is 5.73 Å². The van der Waals surface area contributed by atoms with Crippen molar-refractivity contribution in [2.24, 2.45) is 11.1 Å². The SMILES string of the molecule is CC(C)(C)CS(=O)(=O)N(CCCN)c1ccccc1. The van der Waals surface area contributed by atoms with Gasteiger partial charge in [-0.3, -0.25) is 4.31 Å². The first-order valence-electron chi connectivity index (χ1n) is 6.52. The van der Waals surface area contributed by atoms with Crippen molar-refractivity contribution in [2.45, 2.75) is 27.2 Å². The Hall–Kier alpha value is -1.07. The normalized spacial score (nSPS) is 12.4. The lowest BCUT2D eigenvalue weighted by molar-refractivity contribution is 0.460. The topological polar surface area (TPSA) is 63.4 Å². The summed E-state index contributed by atoms with van der Waals surface area (Å²) in [6, 6.07) is 9.20. The van der Waals surface area contributed by atoms with Gasteiger partial charge in [-0.2, -0.15) is 0 Å². The summed E-state index contributed by atoms with van der Waals surface area (Å²) in [5, 5.41) is 0. The Morgan fingerprint density at radius 3 is 2.21 bits per heavy atom. The number of para-hydroxylation sites is 1. The highest BCUT2D eigenvalue weighted by Crippen LogP contribution is 2.23. The minimum Gasteiger partial charge on any atom is -0.330 e. The molecule has 0 aliphatic rings. The Kier molecular flexibility index (Phi) is 5.38. The predicted octanol–water partition coefficient (Wildman–Crippen LogP) is 2.22. The predicted molar refractivity (Wildman–Crippen MR) is 80.7 cm³/mol. The van der Waals surface area contributed by atoms with E-state index in [1.54, 1.807) is 0 Å². The minimum absolute atomic E-state index is 0.124. The summed E-state index contributed by atoms with van der Waals surface area (Å²) in [6.07, 6.45) is 0.651. The van der Waals surface area contributed by atoms with Crippen LogP contribution in [0.1, 0.15) is 27.2 Å². The van der Waals surface area contributed by atoms with E-state index in [-0.39, 0.29) is 11.2 Å². The molecule has 0 spiro atoms. The van der Waals surface area contributed by atoms with Gasteiger partial charge in [-0.05, 0) is 30.5 Å². The fourth-order valence-corrected chi connectivity index (χ4v) is 3.98. The molecular weight excluding hydrogens is 260 g/mol. The molecule has 0 aromatic heterocycles. The maximum absolute atomic E-state index is 12.5. The molecule has 1 rings (SSSR count). The monoisotopic (exact) mass is 284 g/mol. The van der Waals surface area contributed by atoms with Crippen molar-refractivity contribution in [2.75, 3.05) is 23.1 Å². The van der Waals surface area contributed by atoms with Crippen molar-refractivity contribution in [1.82, 2.24) is 0 Å². The molecular formula is C14H24N2O2S. The van der Waals surface area contributed by atoms with E-state index in [9.17, 15) is 8.42 Å². The average Bonchev–Trinajstić information content (AvgIpc) is 2.27. The molecule has 0 bridgehead atoms. The van der Waals surface area contributed by atoms with Crippen LogP contribution in [0, 0.1) is 5.41 Å². The first kappa shape index (κ1) is 16.0. The number of benzene rings is 1. The van der Waals surface area contributed by atoms with E-state index in [1.807, 2.05) is 51.1 Å². The molecule has 0 aliphatic carbocycles. The van der Waals surface area contributed by atoms with E-state index in [0.717, 1.165) is 0 Å². The summed E-state index contributed by atoms with van der Waals surface area (Å²) >= 11 is 0. The first-order valence-corrected chi connectivity index (χ1v) is 8.13. The van der Waals surface area contributed by atoms with E-state index in [0.29, 0.717) is 25.2 Å². The third-order valence-electron chi connectivity index (χ3n) is 2.56. The Morgan fingerprint density at radius 1 is 1.16 bits per heavy atom. The van der Waals surface area contributed by atoms with Crippen molar-refractivity contribution in [3.8, 4) is 0 Å². The zero-order valence-corrected chi connectivity index (χ0v) is 12.8. The van der Waals surface area contributed by atoms with Gasteiger partial charge in [0.1, 0.15) is 0 Å². The van der Waals surface area contributed by atoms with Crippen LogP contribution in [0.3, 0.4) is 0 Å². The van der Waals surface area contributed by atoms with Crippen LogP contribution in [0.5, 0.6) is 0 Å². The summed E-state index contributed by atoms with van der Waals surface area (Å²) in [7, 11) is -3.33. The maximum Gasteiger partial charge on any atom is 0.235 e. The second-order valence-electron chi connectivity index (χ2n) is 5.87. The van der Waals surface area contributed by atoms with E-state index in [4.69, 9.17) is 5.73 Å². The molecule has 0 unspecified atom stereocenters. The lowest BCUT2D eigenvalue weighted by Crippen LogP contribution is -2.38. The summed E-state index contributed by atoms with van der Waals surface area (Å²) in [5.74, 6) is 0.124. The van der Waals surface area contributed by atoms with Crippen LogP contribution in [-0.2, 0) is 10.0 Å². The van der Waals surface area contributed by atoms with Crippen LogP contribution in [0.4, 0.5) is 5.69 Å². The van der Waals surface area contributed by atoms with Crippen molar-refractivity contribution < 1.29 is 8.42 Å². The van der Waals surface area contributed by atoms with Gasteiger partial charge in [-0.25, -0.2) is 8.42 Å². The van der Waals surface area contributed by atoms with Gasteiger partial charge >= 0.3 is 0 Å². The Morgan fingerprint density at radius 2 is 1.74 bits per heavy atom. The first-order chi connectivity index (χ1) is 8.76. The van der Waals surface area contributed by atoms with Gasteiger partial charge in [0.25, 0.3) is 0 Å². The van der Waals surface area contributed by atoms with Crippen LogP contribution in [0.15, 0.2) is 30.3 Å². The van der Waals surface area contributed by atoms with Gasteiger partial charge in [0, 0.05) is 6.54 Å². The molecule has 1 aromatic carbocycles. The molecule has 0 saturated carbocycles. The molecule has 108 valence electrons. The molecule has 19 heavy (non-hydrogen) atoms. The van der Waals surface area contributed by atoms with Crippen LogP contribution in [0.2, 0.25) is 0 Å². The zero-order valence-electron chi connectivity index (χ0n) is 12.0. The highest BCUT2D eigenvalue weighted by molar-refractivity contribution is 7.92. The smallest absolute Gasteiger partial charge is 0.235 e. The molecule has 4 nitrogen and oxygen atoms in total. The summed E-state index contributed by atoms with van der Waals surface area (Å²) in [4.78, 5) is 0. The lowest BCUT2D eigenvalue weighted by Gasteiger charge is -2.28. The number of anilines is 1. The number of nitrogens with zero attached hydrogens (tertiary/aromatic N) is 1. The van der Waals surface area contributed by atoms with Gasteiger partial charge in [0.05, 0.1) is 11.4 Å². The molecule has 0 atom stereocenters. The van der Waals surface area contributed by atoms with E-state index in [1.165, 1.54) is 4.31 Å². The van der Waals surface area contributed by atoms with Crippen molar-refractivity contribution in [1.29, 1.82) is 0 Å². The molecule has 1 aromatic rings. The second-order valence-corrected chi connectivity index (χ2v) is 7.76. The zero-order chi connectivity index (χ0) is 14.5. The third kappa shape index (κ3) is 5.20. The van der Waals surface area contributed by atoms with Crippen LogP contribution in [0.25, 0.3) is 0 Å². The average molecular weight is 284 g/mol. The lowest BCUT2D eigenvalue weighted by atomic mass is 10.0. The van der Waals surface area contributed by atoms with Crippen LogP contribution < -0.4 is 10.0 Å². The molecule has 0 aliphatic heterocycles. The molecule has 0 fully saturated rings. The Labute approximate surface area is 116 Å². The van der Waals surface area contributed by atoms with Gasteiger partial charge in [0.2, 0.25) is 10.0 Å². The number of hydrogen-bond donors (Lipinski definition) is 1. The molecule has 2 N–H and O–H groups in total. The number of nitrogens with two attached hydrogens (primary N) is 1. The van der Waals surface area contributed by atoms with E-state index in [2.05, 4.69) is 0 Å². The van der Waals surface area contributed by atoms with E-state index < -0.39 is 10.0 Å². The molecule has 0 heterocycles. The second kappa shape index (κ2) is 6.39. The molecule has 5 heteroatoms. The summed E-state index contributed by atoms with van der Waals surface area (Å²) < 4.78 is 26.6. The van der Waals surface area contributed by atoms with Gasteiger partial charge in [0.15, 0.2) is 0 Å². The molecule has 0 radical (unpaired) electrons.